The number of nitrogens with one attached hydrogen (secondary N) is 1. The number of benzene rings is 2. The van der Waals surface area contributed by atoms with Crippen molar-refractivity contribution in [3.05, 3.63) is 64.7 Å². The lowest BCUT2D eigenvalue weighted by Gasteiger charge is -2.23. The third-order valence-electron chi connectivity index (χ3n) is 3.60. The molecule has 0 aliphatic heterocycles. The number of methoxy groups -OCH3 is 1. The van der Waals surface area contributed by atoms with E-state index < -0.39 is 28.1 Å². The molecule has 0 saturated heterocycles. The van der Waals surface area contributed by atoms with Crippen LogP contribution in [-0.2, 0) is 19.6 Å². The Morgan fingerprint density at radius 2 is 1.68 bits per heavy atom. The Morgan fingerprint density at radius 1 is 1.12 bits per heavy atom. The van der Waals surface area contributed by atoms with Gasteiger partial charge in [0.15, 0.2) is 6.10 Å². The zero-order valence-electron chi connectivity index (χ0n) is 13.6. The molecule has 0 amide bonds. The highest BCUT2D eigenvalue weighted by molar-refractivity contribution is 7.89. The first-order valence-corrected chi connectivity index (χ1v) is 9.21. The molecule has 0 radical (unpaired) electrons. The molecule has 2 atom stereocenters. The van der Waals surface area contributed by atoms with Gasteiger partial charge in [-0.05, 0) is 36.8 Å². The number of ether oxygens (including phenoxy) is 1. The van der Waals surface area contributed by atoms with Crippen LogP contribution in [-0.4, -0.2) is 32.7 Å². The Kier molecular flexibility index (Phi) is 6.18. The molecule has 0 aliphatic carbocycles. The number of halogens is 1. The summed E-state index contributed by atoms with van der Waals surface area (Å²) in [7, 11) is -2.86. The number of aryl methyl sites for hydroxylation is 1. The highest BCUT2D eigenvalue weighted by atomic mass is 35.5. The van der Waals surface area contributed by atoms with Crippen molar-refractivity contribution in [1.29, 1.82) is 0 Å². The van der Waals surface area contributed by atoms with Gasteiger partial charge in [-0.1, -0.05) is 41.4 Å². The maximum atomic E-state index is 12.6. The van der Waals surface area contributed by atoms with Crippen LogP contribution in [0.1, 0.15) is 17.2 Å². The fourth-order valence-corrected chi connectivity index (χ4v) is 3.55. The van der Waals surface area contributed by atoms with Crippen molar-refractivity contribution in [2.24, 2.45) is 0 Å². The van der Waals surface area contributed by atoms with E-state index in [9.17, 15) is 18.3 Å². The average Bonchev–Trinajstić information content (AvgIpc) is 2.59. The van der Waals surface area contributed by atoms with E-state index in [0.717, 1.165) is 12.7 Å². The van der Waals surface area contributed by atoms with Crippen LogP contribution < -0.4 is 4.72 Å². The predicted octanol–water partition coefficient (Wildman–Crippen LogP) is 2.20. The zero-order chi connectivity index (χ0) is 18.6. The maximum absolute atomic E-state index is 12.6. The Bertz CT molecular complexity index is 834. The Balaban J connectivity index is 2.39. The molecule has 2 aromatic rings. The van der Waals surface area contributed by atoms with E-state index in [1.807, 2.05) is 6.92 Å². The summed E-state index contributed by atoms with van der Waals surface area (Å²) in [6, 6.07) is 11.1. The van der Waals surface area contributed by atoms with Gasteiger partial charge in [0.1, 0.15) is 0 Å². The van der Waals surface area contributed by atoms with Crippen molar-refractivity contribution in [3.8, 4) is 0 Å². The van der Waals surface area contributed by atoms with Crippen molar-refractivity contribution >= 4 is 27.6 Å². The molecular formula is C17H18ClNO5S. The number of carbonyl (C=O) groups excluding carboxylic acids is 1. The van der Waals surface area contributed by atoms with Gasteiger partial charge in [-0.3, -0.25) is 0 Å². The number of aliphatic hydroxyl groups is 1. The molecule has 134 valence electrons. The molecular weight excluding hydrogens is 366 g/mol. The number of carbonyl (C=O) groups is 1. The van der Waals surface area contributed by atoms with Crippen molar-refractivity contribution in [2.45, 2.75) is 24.0 Å². The number of esters is 1. The summed E-state index contributed by atoms with van der Waals surface area (Å²) < 4.78 is 32.1. The van der Waals surface area contributed by atoms with Crippen molar-refractivity contribution in [3.63, 3.8) is 0 Å². The molecule has 0 unspecified atom stereocenters. The van der Waals surface area contributed by atoms with E-state index in [2.05, 4.69) is 9.46 Å². The molecule has 0 aromatic heterocycles. The SMILES string of the molecule is COC(=O)[C@@H](O)[C@H](NS(=O)(=O)c1ccc(C)cc1)c1ccc(Cl)cc1. The average molecular weight is 384 g/mol. The van der Waals surface area contributed by atoms with Crippen LogP contribution in [0.15, 0.2) is 53.4 Å². The highest BCUT2D eigenvalue weighted by Gasteiger charge is 2.32. The number of aliphatic hydroxyl groups excluding tert-OH is 1. The van der Waals surface area contributed by atoms with Crippen molar-refractivity contribution in [1.82, 2.24) is 4.72 Å². The van der Waals surface area contributed by atoms with E-state index in [-0.39, 0.29) is 4.90 Å². The van der Waals surface area contributed by atoms with E-state index in [1.54, 1.807) is 12.1 Å². The Labute approximate surface area is 151 Å². The summed E-state index contributed by atoms with van der Waals surface area (Å²) in [5.41, 5.74) is 1.28. The molecule has 0 aliphatic rings. The summed E-state index contributed by atoms with van der Waals surface area (Å²) in [6.45, 7) is 1.83. The smallest absolute Gasteiger partial charge is 0.336 e. The molecule has 2 rings (SSSR count). The van der Waals surface area contributed by atoms with E-state index in [4.69, 9.17) is 11.6 Å². The van der Waals surface area contributed by atoms with Gasteiger partial charge in [0.25, 0.3) is 0 Å². The van der Waals surface area contributed by atoms with Gasteiger partial charge < -0.3 is 9.84 Å². The summed E-state index contributed by atoms with van der Waals surface area (Å²) >= 11 is 5.84. The Morgan fingerprint density at radius 3 is 2.20 bits per heavy atom. The zero-order valence-corrected chi connectivity index (χ0v) is 15.2. The number of rotatable bonds is 6. The van der Waals surface area contributed by atoms with Gasteiger partial charge in [-0.25, -0.2) is 17.9 Å². The van der Waals surface area contributed by atoms with Crippen LogP contribution in [0.2, 0.25) is 5.02 Å². The second-order valence-electron chi connectivity index (χ2n) is 5.43. The van der Waals surface area contributed by atoms with Crippen molar-refractivity contribution < 1.29 is 23.1 Å². The first kappa shape index (κ1) is 19.4. The largest absolute Gasteiger partial charge is 0.467 e. The summed E-state index contributed by atoms with van der Waals surface area (Å²) in [5, 5.41) is 10.7. The van der Waals surface area contributed by atoms with Crippen LogP contribution in [0.5, 0.6) is 0 Å². The fraction of sp³-hybridized carbons (Fsp3) is 0.235. The summed E-state index contributed by atoms with van der Waals surface area (Å²) in [5.74, 6) is -0.952. The fourth-order valence-electron chi connectivity index (χ4n) is 2.19. The standard InChI is InChI=1S/C17H18ClNO5S/c1-11-3-9-14(10-4-11)25(22,23)19-15(16(20)17(21)24-2)12-5-7-13(18)8-6-12/h3-10,15-16,19-20H,1-2H3/t15-,16+/m1/s1. The molecule has 6 nitrogen and oxygen atoms in total. The first-order chi connectivity index (χ1) is 11.7. The third-order valence-corrected chi connectivity index (χ3v) is 5.31. The lowest BCUT2D eigenvalue weighted by atomic mass is 10.0. The second kappa shape index (κ2) is 7.97. The summed E-state index contributed by atoms with van der Waals surface area (Å²) in [6.07, 6.45) is -1.72. The van der Waals surface area contributed by atoms with Crippen LogP contribution in [0.3, 0.4) is 0 Å². The molecule has 0 fully saturated rings. The molecule has 0 spiro atoms. The maximum Gasteiger partial charge on any atom is 0.336 e. The van der Waals surface area contributed by atoms with Gasteiger partial charge in [-0.15, -0.1) is 0 Å². The Hall–Kier alpha value is -1.93. The van der Waals surface area contributed by atoms with Gasteiger partial charge in [0.2, 0.25) is 10.0 Å². The van der Waals surface area contributed by atoms with Gasteiger partial charge in [0, 0.05) is 5.02 Å². The van der Waals surface area contributed by atoms with Gasteiger partial charge in [0.05, 0.1) is 18.0 Å². The topological polar surface area (TPSA) is 92.7 Å². The first-order valence-electron chi connectivity index (χ1n) is 7.35. The van der Waals surface area contributed by atoms with Crippen LogP contribution >= 0.6 is 11.6 Å². The highest BCUT2D eigenvalue weighted by Crippen LogP contribution is 2.23. The van der Waals surface area contributed by atoms with Crippen LogP contribution in [0.25, 0.3) is 0 Å². The summed E-state index contributed by atoms with van der Waals surface area (Å²) in [4.78, 5) is 11.7. The minimum Gasteiger partial charge on any atom is -0.467 e. The molecule has 2 aromatic carbocycles. The van der Waals surface area contributed by atoms with E-state index >= 15 is 0 Å². The quantitative estimate of drug-likeness (QED) is 0.746. The number of hydrogen-bond donors (Lipinski definition) is 2. The minimum absolute atomic E-state index is 0.0223. The van der Waals surface area contributed by atoms with Gasteiger partial charge in [-0.2, -0.15) is 0 Å². The molecule has 0 bridgehead atoms. The minimum atomic E-state index is -3.97. The molecule has 8 heteroatoms. The molecule has 0 saturated carbocycles. The third kappa shape index (κ3) is 4.79. The lowest BCUT2D eigenvalue weighted by molar-refractivity contribution is -0.151. The normalized spacial score (nSPS) is 13.9. The molecule has 25 heavy (non-hydrogen) atoms. The van der Waals surface area contributed by atoms with Crippen LogP contribution in [0, 0.1) is 6.92 Å². The second-order valence-corrected chi connectivity index (χ2v) is 7.58. The number of sulfonamides is 1. The number of hydrogen-bond acceptors (Lipinski definition) is 5. The lowest BCUT2D eigenvalue weighted by Crippen LogP contribution is -2.40. The molecule has 0 heterocycles. The van der Waals surface area contributed by atoms with Crippen molar-refractivity contribution in [2.75, 3.05) is 7.11 Å². The van der Waals surface area contributed by atoms with E-state index in [1.165, 1.54) is 36.4 Å². The molecule has 2 N–H and O–H groups in total. The van der Waals surface area contributed by atoms with Gasteiger partial charge >= 0.3 is 5.97 Å². The van der Waals surface area contributed by atoms with Crippen LogP contribution in [0.4, 0.5) is 0 Å². The monoisotopic (exact) mass is 383 g/mol. The van der Waals surface area contributed by atoms with E-state index in [0.29, 0.717) is 10.6 Å². The predicted molar refractivity (Wildman–Crippen MR) is 93.7 cm³/mol.